The SMILES string of the molecule is COc1cncc(C(O)c2ccc3c(c2)CCN3C)c1. The van der Waals surface area contributed by atoms with Gasteiger partial charge in [0.1, 0.15) is 11.9 Å². The second-order valence-electron chi connectivity index (χ2n) is 5.12. The van der Waals surface area contributed by atoms with Gasteiger partial charge in [-0.2, -0.15) is 0 Å². The summed E-state index contributed by atoms with van der Waals surface area (Å²) >= 11 is 0. The normalized spacial score (nSPS) is 15.1. The maximum atomic E-state index is 10.5. The average Bonchev–Trinajstić information content (AvgIpc) is 2.87. The highest BCUT2D eigenvalue weighted by molar-refractivity contribution is 5.59. The van der Waals surface area contributed by atoms with Crippen LogP contribution in [-0.2, 0) is 6.42 Å². The van der Waals surface area contributed by atoms with Crippen LogP contribution in [0.4, 0.5) is 5.69 Å². The van der Waals surface area contributed by atoms with Crippen LogP contribution in [0.5, 0.6) is 5.75 Å². The van der Waals surface area contributed by atoms with Gasteiger partial charge in [-0.15, -0.1) is 0 Å². The highest BCUT2D eigenvalue weighted by atomic mass is 16.5. The van der Waals surface area contributed by atoms with Crippen LogP contribution in [0.3, 0.4) is 0 Å². The lowest BCUT2D eigenvalue weighted by molar-refractivity contribution is 0.219. The van der Waals surface area contributed by atoms with Crippen molar-refractivity contribution in [3.63, 3.8) is 0 Å². The summed E-state index contributed by atoms with van der Waals surface area (Å²) < 4.78 is 5.15. The van der Waals surface area contributed by atoms with E-state index in [1.54, 1.807) is 19.5 Å². The number of benzene rings is 1. The summed E-state index contributed by atoms with van der Waals surface area (Å²) in [6.07, 6.45) is 3.66. The van der Waals surface area contributed by atoms with Crippen LogP contribution in [-0.4, -0.2) is 30.8 Å². The molecule has 2 heterocycles. The molecule has 1 aromatic heterocycles. The van der Waals surface area contributed by atoms with Gasteiger partial charge in [0.05, 0.1) is 13.3 Å². The Hall–Kier alpha value is -2.07. The van der Waals surface area contributed by atoms with Crippen molar-refractivity contribution in [2.75, 3.05) is 25.6 Å². The Morgan fingerprint density at radius 3 is 2.90 bits per heavy atom. The van der Waals surface area contributed by atoms with Gasteiger partial charge in [0.15, 0.2) is 0 Å². The van der Waals surface area contributed by atoms with Gasteiger partial charge >= 0.3 is 0 Å². The van der Waals surface area contributed by atoms with Crippen LogP contribution >= 0.6 is 0 Å². The predicted octanol–water partition coefficient (Wildman–Crippen LogP) is 2.16. The van der Waals surface area contributed by atoms with E-state index in [0.717, 1.165) is 24.1 Å². The highest BCUT2D eigenvalue weighted by Crippen LogP contribution is 2.31. The number of rotatable bonds is 3. The van der Waals surface area contributed by atoms with Crippen molar-refractivity contribution in [3.05, 3.63) is 53.3 Å². The van der Waals surface area contributed by atoms with Crippen molar-refractivity contribution in [1.82, 2.24) is 4.98 Å². The number of hydrogen-bond acceptors (Lipinski definition) is 4. The lowest BCUT2D eigenvalue weighted by Crippen LogP contribution is -2.12. The number of hydrogen-bond donors (Lipinski definition) is 1. The molecule has 1 aliphatic rings. The molecule has 0 spiro atoms. The largest absolute Gasteiger partial charge is 0.495 e. The Morgan fingerprint density at radius 2 is 2.10 bits per heavy atom. The van der Waals surface area contributed by atoms with E-state index in [1.165, 1.54) is 11.3 Å². The Morgan fingerprint density at radius 1 is 1.25 bits per heavy atom. The van der Waals surface area contributed by atoms with Crippen LogP contribution < -0.4 is 9.64 Å². The van der Waals surface area contributed by atoms with Gasteiger partial charge in [-0.05, 0) is 29.7 Å². The first kappa shape index (κ1) is 12.9. The quantitative estimate of drug-likeness (QED) is 0.928. The summed E-state index contributed by atoms with van der Waals surface area (Å²) in [5.74, 6) is 0.655. The topological polar surface area (TPSA) is 45.6 Å². The first-order valence-corrected chi connectivity index (χ1v) is 6.70. The number of likely N-dealkylation sites (N-methyl/N-ethyl adjacent to an activating group) is 1. The monoisotopic (exact) mass is 270 g/mol. The van der Waals surface area contributed by atoms with Gasteiger partial charge in [0.25, 0.3) is 0 Å². The van der Waals surface area contributed by atoms with E-state index in [0.29, 0.717) is 5.75 Å². The zero-order valence-electron chi connectivity index (χ0n) is 11.7. The third-order valence-corrected chi connectivity index (χ3v) is 3.83. The van der Waals surface area contributed by atoms with Crippen molar-refractivity contribution in [1.29, 1.82) is 0 Å². The number of fused-ring (bicyclic) bond motifs is 1. The molecule has 0 amide bonds. The summed E-state index contributed by atoms with van der Waals surface area (Å²) in [6, 6.07) is 7.96. The van der Waals surface area contributed by atoms with Gasteiger partial charge in [-0.1, -0.05) is 12.1 Å². The Labute approximate surface area is 118 Å². The molecule has 1 unspecified atom stereocenters. The molecule has 3 rings (SSSR count). The Bertz CT molecular complexity index is 628. The second-order valence-corrected chi connectivity index (χ2v) is 5.12. The first-order valence-electron chi connectivity index (χ1n) is 6.70. The molecule has 0 bridgehead atoms. The third kappa shape index (κ3) is 2.23. The van der Waals surface area contributed by atoms with E-state index in [2.05, 4.69) is 29.1 Å². The molecule has 4 heteroatoms. The Balaban J connectivity index is 1.92. The van der Waals surface area contributed by atoms with E-state index in [4.69, 9.17) is 4.74 Å². The zero-order valence-corrected chi connectivity index (χ0v) is 11.7. The number of aliphatic hydroxyl groups is 1. The van der Waals surface area contributed by atoms with E-state index >= 15 is 0 Å². The Kier molecular flexibility index (Phi) is 3.32. The molecule has 0 aliphatic carbocycles. The van der Waals surface area contributed by atoms with Crippen molar-refractivity contribution >= 4 is 5.69 Å². The number of methoxy groups -OCH3 is 1. The van der Waals surface area contributed by atoms with Crippen molar-refractivity contribution in [2.45, 2.75) is 12.5 Å². The number of ether oxygens (including phenoxy) is 1. The van der Waals surface area contributed by atoms with Crippen LogP contribution in [0.1, 0.15) is 22.8 Å². The summed E-state index contributed by atoms with van der Waals surface area (Å²) in [6.45, 7) is 1.04. The van der Waals surface area contributed by atoms with Crippen LogP contribution in [0, 0.1) is 0 Å². The molecule has 0 fully saturated rings. The minimum Gasteiger partial charge on any atom is -0.495 e. The molecule has 1 atom stereocenters. The van der Waals surface area contributed by atoms with Gasteiger partial charge in [-0.3, -0.25) is 4.98 Å². The second kappa shape index (κ2) is 5.13. The van der Waals surface area contributed by atoms with Crippen LogP contribution in [0.25, 0.3) is 0 Å². The minimum atomic E-state index is -0.672. The lowest BCUT2D eigenvalue weighted by atomic mass is 10.00. The summed E-state index contributed by atoms with van der Waals surface area (Å²) in [4.78, 5) is 6.33. The van der Waals surface area contributed by atoms with Gasteiger partial charge in [0.2, 0.25) is 0 Å². The first-order chi connectivity index (χ1) is 9.69. The molecule has 0 saturated carbocycles. The minimum absolute atomic E-state index is 0.655. The summed E-state index contributed by atoms with van der Waals surface area (Å²) in [5.41, 5.74) is 4.19. The van der Waals surface area contributed by atoms with Gasteiger partial charge in [0, 0.05) is 31.0 Å². The fourth-order valence-electron chi connectivity index (χ4n) is 2.65. The molecule has 20 heavy (non-hydrogen) atoms. The fraction of sp³-hybridized carbons (Fsp3) is 0.312. The van der Waals surface area contributed by atoms with E-state index in [-0.39, 0.29) is 0 Å². The third-order valence-electron chi connectivity index (χ3n) is 3.83. The fourth-order valence-corrected chi connectivity index (χ4v) is 2.65. The number of nitrogens with zero attached hydrogens (tertiary/aromatic N) is 2. The van der Waals surface area contributed by atoms with Gasteiger partial charge < -0.3 is 14.7 Å². The number of pyridine rings is 1. The van der Waals surface area contributed by atoms with Crippen LogP contribution in [0.15, 0.2) is 36.7 Å². The van der Waals surface area contributed by atoms with Gasteiger partial charge in [-0.25, -0.2) is 0 Å². The molecule has 2 aromatic rings. The number of anilines is 1. The summed E-state index contributed by atoms with van der Waals surface area (Å²) in [5, 5.41) is 10.5. The average molecular weight is 270 g/mol. The molecule has 1 N–H and O–H groups in total. The van der Waals surface area contributed by atoms with Crippen molar-refractivity contribution in [3.8, 4) is 5.75 Å². The predicted molar refractivity (Wildman–Crippen MR) is 78.3 cm³/mol. The maximum absolute atomic E-state index is 10.5. The smallest absolute Gasteiger partial charge is 0.137 e. The number of aliphatic hydroxyl groups excluding tert-OH is 1. The lowest BCUT2D eigenvalue weighted by Gasteiger charge is -2.15. The van der Waals surface area contributed by atoms with E-state index < -0.39 is 6.10 Å². The molecule has 1 aliphatic heterocycles. The maximum Gasteiger partial charge on any atom is 0.137 e. The highest BCUT2D eigenvalue weighted by Gasteiger charge is 2.19. The molecule has 4 nitrogen and oxygen atoms in total. The molecular weight excluding hydrogens is 252 g/mol. The van der Waals surface area contributed by atoms with E-state index in [1.807, 2.05) is 12.1 Å². The van der Waals surface area contributed by atoms with E-state index in [9.17, 15) is 5.11 Å². The molecule has 1 aromatic carbocycles. The van der Waals surface area contributed by atoms with Crippen molar-refractivity contribution in [2.24, 2.45) is 0 Å². The summed E-state index contributed by atoms with van der Waals surface area (Å²) in [7, 11) is 3.69. The molecular formula is C16H18N2O2. The standard InChI is InChI=1S/C16H18N2O2/c1-18-6-5-11-7-12(3-4-15(11)18)16(19)13-8-14(20-2)10-17-9-13/h3-4,7-10,16,19H,5-6H2,1-2H3. The molecule has 0 saturated heterocycles. The molecule has 104 valence electrons. The van der Waals surface area contributed by atoms with Crippen molar-refractivity contribution < 1.29 is 9.84 Å². The molecule has 0 radical (unpaired) electrons. The number of aromatic nitrogens is 1. The van der Waals surface area contributed by atoms with Crippen LogP contribution in [0.2, 0.25) is 0 Å². The zero-order chi connectivity index (χ0) is 14.1.